The van der Waals surface area contributed by atoms with Gasteiger partial charge in [0.1, 0.15) is 48.8 Å². The Balaban J connectivity index is 1.73. The van der Waals surface area contributed by atoms with Crippen molar-refractivity contribution in [1.29, 1.82) is 0 Å². The number of nitrogens with one attached hydrogen (secondary N) is 1. The van der Waals surface area contributed by atoms with Gasteiger partial charge in [0.05, 0.1) is 32.0 Å². The molecule has 2 saturated heterocycles. The van der Waals surface area contributed by atoms with Gasteiger partial charge < -0.3 is 65.1 Å². The van der Waals surface area contributed by atoms with Gasteiger partial charge in [0.2, 0.25) is 5.91 Å². The number of ether oxygens (including phenoxy) is 4. The molecule has 0 aliphatic carbocycles. The van der Waals surface area contributed by atoms with E-state index in [0.29, 0.717) is 12.8 Å². The minimum absolute atomic E-state index is 0.224. The molecule has 2 aliphatic rings. The van der Waals surface area contributed by atoms with Gasteiger partial charge in [0.15, 0.2) is 12.6 Å². The highest BCUT2D eigenvalue weighted by Crippen LogP contribution is 2.30. The normalized spacial score (nSPS) is 23.8. The van der Waals surface area contributed by atoms with Gasteiger partial charge in [0, 0.05) is 6.42 Å². The third kappa shape index (κ3) is 42.4. The second-order valence-electron chi connectivity index (χ2n) is 24.3. The number of carbonyl (C=O) groups excluding carboxylic acids is 1. The van der Waals surface area contributed by atoms with Crippen LogP contribution in [0.1, 0.15) is 245 Å². The lowest BCUT2D eigenvalue weighted by molar-refractivity contribution is -0.359. The summed E-state index contributed by atoms with van der Waals surface area (Å²) >= 11 is 0. The van der Waals surface area contributed by atoms with Crippen molar-refractivity contribution in [1.82, 2.24) is 5.32 Å². The Bertz CT molecular complexity index is 2020. The van der Waals surface area contributed by atoms with Gasteiger partial charge >= 0.3 is 0 Å². The molecule has 514 valence electrons. The summed E-state index contributed by atoms with van der Waals surface area (Å²) in [6, 6.07) is -0.962. The van der Waals surface area contributed by atoms with Crippen LogP contribution >= 0.6 is 0 Å². The number of unbranched alkanes of at least 4 members (excludes halogenated alkanes) is 23. The van der Waals surface area contributed by atoms with Crippen LogP contribution in [0.15, 0.2) is 134 Å². The van der Waals surface area contributed by atoms with Gasteiger partial charge in [-0.25, -0.2) is 0 Å². The number of rotatable bonds is 56. The standard InChI is InChI=1S/C76H127NO13/c1-3-5-7-9-11-13-15-17-19-21-23-25-27-29-30-31-32-33-34-36-38-40-42-44-46-48-50-52-54-56-58-60-68(81)77-64(63-87-75-73(86)71(84)74(67(62-79)89-75)90-76-72(85)70(83)69(82)66(61-78)88-76)65(80)59-57-55-53-51-49-47-45-43-41-39-37-35-28-26-24-22-20-18-16-14-12-10-8-6-4-2/h5,7,11,13,17,19,23,25,29-30,32-33,36,38,42,44,48-51,57,59,64-67,69-76,78-80,82-86H,3-4,6,8-10,12,14-16,18,20-22,24,26-28,31,34-35,37,39-41,43,45-47,52-56,58,60-63H2,1-2H3,(H,77,81)/b7-5-,13-11-,19-17-,25-23-,30-29-,33-32-,38-36-,44-42-,50-48-,51-49+,59-57+. The topological polar surface area (TPSA) is 228 Å². The summed E-state index contributed by atoms with van der Waals surface area (Å²) in [4.78, 5) is 13.3. The van der Waals surface area contributed by atoms with Crippen LogP contribution in [0.4, 0.5) is 0 Å². The van der Waals surface area contributed by atoms with E-state index >= 15 is 0 Å². The van der Waals surface area contributed by atoms with E-state index < -0.39 is 86.8 Å². The second kappa shape index (κ2) is 58.9. The monoisotopic (exact) mass is 1260 g/mol. The first kappa shape index (κ1) is 82.2. The van der Waals surface area contributed by atoms with E-state index in [2.05, 4.69) is 141 Å². The fraction of sp³-hybridized carbons (Fsp3) is 0.697. The molecule has 90 heavy (non-hydrogen) atoms. The highest BCUT2D eigenvalue weighted by Gasteiger charge is 2.51. The Labute approximate surface area is 545 Å². The molecule has 2 rings (SSSR count). The summed E-state index contributed by atoms with van der Waals surface area (Å²) in [7, 11) is 0. The summed E-state index contributed by atoms with van der Waals surface area (Å²) in [6.07, 6.45) is 70.7. The first-order valence-electron chi connectivity index (χ1n) is 35.4. The maximum Gasteiger partial charge on any atom is 0.220 e. The first-order chi connectivity index (χ1) is 44.1. The molecule has 0 radical (unpaired) electrons. The number of hydrogen-bond acceptors (Lipinski definition) is 13. The highest BCUT2D eigenvalue weighted by molar-refractivity contribution is 5.76. The summed E-state index contributed by atoms with van der Waals surface area (Å²) in [5.41, 5.74) is 0. The molecule has 12 atom stereocenters. The van der Waals surface area contributed by atoms with Crippen LogP contribution in [-0.2, 0) is 23.7 Å². The summed E-state index contributed by atoms with van der Waals surface area (Å²) in [5.74, 6) is -0.285. The molecule has 0 bridgehead atoms. The second-order valence-corrected chi connectivity index (χ2v) is 24.3. The number of hydrogen-bond donors (Lipinski definition) is 9. The van der Waals surface area contributed by atoms with E-state index in [1.54, 1.807) is 6.08 Å². The molecule has 0 aromatic rings. The molecule has 9 N–H and O–H groups in total. The third-order valence-corrected chi connectivity index (χ3v) is 16.3. The fourth-order valence-electron chi connectivity index (χ4n) is 10.7. The van der Waals surface area contributed by atoms with E-state index in [0.717, 1.165) is 89.9 Å². The summed E-state index contributed by atoms with van der Waals surface area (Å²) in [6.45, 7) is 2.65. The molecule has 14 nitrogen and oxygen atoms in total. The van der Waals surface area contributed by atoms with Crippen molar-refractivity contribution in [2.75, 3.05) is 19.8 Å². The van der Waals surface area contributed by atoms with Crippen LogP contribution in [0.2, 0.25) is 0 Å². The van der Waals surface area contributed by atoms with E-state index in [9.17, 15) is 45.6 Å². The Hall–Kier alpha value is -3.87. The van der Waals surface area contributed by atoms with Crippen molar-refractivity contribution < 1.29 is 64.6 Å². The third-order valence-electron chi connectivity index (χ3n) is 16.3. The predicted molar refractivity (Wildman–Crippen MR) is 368 cm³/mol. The minimum atomic E-state index is -1.80. The molecule has 0 saturated carbocycles. The van der Waals surface area contributed by atoms with Crippen molar-refractivity contribution in [2.45, 2.75) is 319 Å². The quantitative estimate of drug-likeness (QED) is 0.0204. The van der Waals surface area contributed by atoms with Gasteiger partial charge in [0.25, 0.3) is 0 Å². The largest absolute Gasteiger partial charge is 0.394 e. The number of allylic oxidation sites excluding steroid dienone is 21. The summed E-state index contributed by atoms with van der Waals surface area (Å²) < 4.78 is 22.8. The SMILES string of the molecule is CC/C=C\C/C=C\C/C=C\C/C=C\C/C=C\C/C=C\C/C=C\C/C=C\C/C=C\CCCCCC(=O)NC(COC1OC(CO)C(OC2OC(CO)C(O)C(O)C2O)C(O)C1O)C(O)/C=C/CC/C=C/CCCCCCCCCCCCCCCCCCCCC. The predicted octanol–water partition coefficient (Wildman–Crippen LogP) is 14.7. The molecule has 14 heteroatoms. The van der Waals surface area contributed by atoms with Gasteiger partial charge in [-0.05, 0) is 103 Å². The van der Waals surface area contributed by atoms with Gasteiger partial charge in [-0.15, -0.1) is 0 Å². The van der Waals surface area contributed by atoms with Gasteiger partial charge in [-0.3, -0.25) is 4.79 Å². The van der Waals surface area contributed by atoms with Gasteiger partial charge in [-0.1, -0.05) is 270 Å². The van der Waals surface area contributed by atoms with Crippen molar-refractivity contribution in [3.05, 3.63) is 134 Å². The van der Waals surface area contributed by atoms with Crippen molar-refractivity contribution in [2.24, 2.45) is 0 Å². The Kier molecular flexibility index (Phi) is 53.8. The maximum absolute atomic E-state index is 13.3. The van der Waals surface area contributed by atoms with Crippen LogP contribution < -0.4 is 5.32 Å². The molecule has 0 aromatic carbocycles. The number of amides is 1. The van der Waals surface area contributed by atoms with Crippen molar-refractivity contribution in [3.8, 4) is 0 Å². The highest BCUT2D eigenvalue weighted by atomic mass is 16.7. The Morgan fingerprint density at radius 1 is 0.411 bits per heavy atom. The van der Waals surface area contributed by atoms with E-state index in [-0.39, 0.29) is 18.9 Å². The first-order valence-corrected chi connectivity index (χ1v) is 35.4. The lowest BCUT2D eigenvalue weighted by Gasteiger charge is -2.46. The fourth-order valence-corrected chi connectivity index (χ4v) is 10.7. The molecular weight excluding hydrogens is 1130 g/mol. The minimum Gasteiger partial charge on any atom is -0.394 e. The average molecular weight is 1260 g/mol. The number of aliphatic hydroxyl groups excluding tert-OH is 8. The maximum atomic E-state index is 13.3. The molecular formula is C76H127NO13. The smallest absolute Gasteiger partial charge is 0.220 e. The molecule has 2 heterocycles. The van der Waals surface area contributed by atoms with Crippen LogP contribution in [0.3, 0.4) is 0 Å². The number of carbonyl (C=O) groups is 1. The molecule has 1 amide bonds. The zero-order chi connectivity index (χ0) is 65.2. The average Bonchev–Trinajstić information content (AvgIpc) is 1.42. The van der Waals surface area contributed by atoms with Crippen LogP contribution in [0, 0.1) is 0 Å². The summed E-state index contributed by atoms with van der Waals surface area (Å²) in [5, 5.41) is 87.4. The van der Waals surface area contributed by atoms with E-state index in [1.807, 2.05) is 6.08 Å². The van der Waals surface area contributed by atoms with Crippen molar-refractivity contribution in [3.63, 3.8) is 0 Å². The number of aliphatic hydroxyl groups is 8. The van der Waals surface area contributed by atoms with Crippen LogP contribution in [0.25, 0.3) is 0 Å². The Morgan fingerprint density at radius 2 is 0.778 bits per heavy atom. The molecule has 2 aliphatic heterocycles. The van der Waals surface area contributed by atoms with Gasteiger partial charge in [-0.2, -0.15) is 0 Å². The lowest BCUT2D eigenvalue weighted by Crippen LogP contribution is -2.65. The molecule has 0 aromatic heterocycles. The van der Waals surface area contributed by atoms with E-state index in [1.165, 1.54) is 122 Å². The van der Waals surface area contributed by atoms with E-state index in [4.69, 9.17) is 18.9 Å². The van der Waals surface area contributed by atoms with Crippen LogP contribution in [-0.4, -0.2) is 140 Å². The van der Waals surface area contributed by atoms with Crippen LogP contribution in [0.5, 0.6) is 0 Å². The lowest BCUT2D eigenvalue weighted by atomic mass is 9.97. The zero-order valence-electron chi connectivity index (χ0n) is 55.8. The van der Waals surface area contributed by atoms with Crippen molar-refractivity contribution >= 4 is 5.91 Å². The molecule has 0 spiro atoms. The Morgan fingerprint density at radius 3 is 1.22 bits per heavy atom. The zero-order valence-corrected chi connectivity index (χ0v) is 55.8. The molecule has 12 unspecified atom stereocenters. The molecule has 2 fully saturated rings.